The minimum atomic E-state index is -3.76. The lowest BCUT2D eigenvalue weighted by Gasteiger charge is -2.20. The number of amides is 2. The number of nitrogens with zero attached hydrogens (tertiary/aromatic N) is 1. The third-order valence-corrected chi connectivity index (χ3v) is 4.63. The van der Waals surface area contributed by atoms with Gasteiger partial charge in [-0.2, -0.15) is 0 Å². The molecule has 0 saturated carbocycles. The fraction of sp³-hybridized carbons (Fsp3) is 0.467. The van der Waals surface area contributed by atoms with Gasteiger partial charge in [0, 0.05) is 18.2 Å². The quantitative estimate of drug-likeness (QED) is 0.722. The second-order valence-corrected chi connectivity index (χ2v) is 8.04. The largest absolute Gasteiger partial charge is 0.350 e. The van der Waals surface area contributed by atoms with Gasteiger partial charge in [0.15, 0.2) is 0 Å². The van der Waals surface area contributed by atoms with Crippen molar-refractivity contribution in [3.63, 3.8) is 0 Å². The molecular formula is C15H23N3O5S. The number of carbonyl (C=O) groups is 2. The van der Waals surface area contributed by atoms with E-state index < -0.39 is 15.9 Å². The zero-order valence-corrected chi connectivity index (χ0v) is 15.2. The second-order valence-electron chi connectivity index (χ2n) is 6.10. The number of benzene rings is 1. The van der Waals surface area contributed by atoms with Crippen LogP contribution >= 0.6 is 0 Å². The minimum Gasteiger partial charge on any atom is -0.350 e. The maximum atomic E-state index is 12.0. The Labute approximate surface area is 142 Å². The van der Waals surface area contributed by atoms with Crippen molar-refractivity contribution >= 4 is 21.8 Å². The van der Waals surface area contributed by atoms with Gasteiger partial charge >= 0.3 is 0 Å². The van der Waals surface area contributed by atoms with Gasteiger partial charge in [-0.05, 0) is 45.0 Å². The molecule has 2 amide bonds. The Morgan fingerprint density at radius 2 is 1.71 bits per heavy atom. The molecule has 0 heterocycles. The lowest BCUT2D eigenvalue weighted by Crippen LogP contribution is -2.45. The van der Waals surface area contributed by atoms with Gasteiger partial charge in [0.05, 0.1) is 18.6 Å². The van der Waals surface area contributed by atoms with E-state index in [1.165, 1.54) is 38.4 Å². The summed E-state index contributed by atoms with van der Waals surface area (Å²) in [5.41, 5.74) is -0.136. The lowest BCUT2D eigenvalue weighted by molar-refractivity contribution is -0.121. The van der Waals surface area contributed by atoms with E-state index in [2.05, 4.69) is 15.5 Å². The molecule has 0 fully saturated rings. The van der Waals surface area contributed by atoms with E-state index in [9.17, 15) is 18.0 Å². The molecule has 0 aliphatic carbocycles. The molecule has 0 aromatic heterocycles. The number of hydrogen-bond donors (Lipinski definition) is 2. The monoisotopic (exact) mass is 357 g/mol. The van der Waals surface area contributed by atoms with Crippen LogP contribution < -0.4 is 10.6 Å². The third kappa shape index (κ3) is 5.59. The maximum absolute atomic E-state index is 12.0. The molecule has 0 aliphatic rings. The summed E-state index contributed by atoms with van der Waals surface area (Å²) >= 11 is 0. The Balaban J connectivity index is 2.73. The Hall–Kier alpha value is -1.97. The first kappa shape index (κ1) is 20.1. The summed E-state index contributed by atoms with van der Waals surface area (Å²) in [6, 6.07) is 5.34. The number of nitrogens with one attached hydrogen (secondary N) is 2. The number of rotatable bonds is 6. The van der Waals surface area contributed by atoms with E-state index in [0.717, 1.165) is 4.47 Å². The predicted molar refractivity (Wildman–Crippen MR) is 88.6 cm³/mol. The molecule has 9 heteroatoms. The molecule has 1 aromatic rings. The third-order valence-electron chi connectivity index (χ3n) is 2.93. The van der Waals surface area contributed by atoms with Gasteiger partial charge in [0.2, 0.25) is 5.91 Å². The van der Waals surface area contributed by atoms with Crippen LogP contribution in [0.5, 0.6) is 0 Å². The van der Waals surface area contributed by atoms with Crippen LogP contribution in [0.1, 0.15) is 31.1 Å². The van der Waals surface area contributed by atoms with Crippen LogP contribution in [0.4, 0.5) is 0 Å². The van der Waals surface area contributed by atoms with Crippen molar-refractivity contribution in [2.45, 2.75) is 31.2 Å². The van der Waals surface area contributed by atoms with Gasteiger partial charge in [-0.15, -0.1) is 0 Å². The van der Waals surface area contributed by atoms with Crippen molar-refractivity contribution < 1.29 is 22.8 Å². The van der Waals surface area contributed by atoms with Crippen LogP contribution in [0.2, 0.25) is 0 Å². The van der Waals surface area contributed by atoms with Crippen LogP contribution in [0.25, 0.3) is 0 Å². The Kier molecular flexibility index (Phi) is 6.47. The molecule has 24 heavy (non-hydrogen) atoms. The SMILES string of the molecule is CON(C)S(=O)(=O)c1ccc(C(=O)NCC(=O)NC(C)(C)C)cc1. The number of hydroxylamine groups is 1. The van der Waals surface area contributed by atoms with Gasteiger partial charge in [-0.25, -0.2) is 8.42 Å². The Morgan fingerprint density at radius 3 is 2.17 bits per heavy atom. The predicted octanol–water partition coefficient (Wildman–Crippen LogP) is 0.513. The van der Waals surface area contributed by atoms with Gasteiger partial charge in [-0.3, -0.25) is 14.4 Å². The highest BCUT2D eigenvalue weighted by atomic mass is 32.2. The van der Waals surface area contributed by atoms with Gasteiger partial charge in [-0.1, -0.05) is 4.47 Å². The molecule has 1 aromatic carbocycles. The van der Waals surface area contributed by atoms with E-state index in [4.69, 9.17) is 0 Å². The summed E-state index contributed by atoms with van der Waals surface area (Å²) in [5, 5.41) is 5.20. The van der Waals surface area contributed by atoms with Crippen LogP contribution in [-0.2, 0) is 19.7 Å². The fourth-order valence-corrected chi connectivity index (χ4v) is 2.72. The number of sulfonamides is 1. The van der Waals surface area contributed by atoms with Crippen molar-refractivity contribution in [1.29, 1.82) is 0 Å². The summed E-state index contributed by atoms with van der Waals surface area (Å²) in [6.45, 7) is 5.34. The summed E-state index contributed by atoms with van der Waals surface area (Å²) in [5.74, 6) is -0.778. The average Bonchev–Trinajstić information content (AvgIpc) is 2.50. The Morgan fingerprint density at radius 1 is 1.17 bits per heavy atom. The molecule has 0 saturated heterocycles. The van der Waals surface area contributed by atoms with Crippen molar-refractivity contribution in [2.75, 3.05) is 20.7 Å². The van der Waals surface area contributed by atoms with E-state index in [1.807, 2.05) is 20.8 Å². The number of hydrogen-bond acceptors (Lipinski definition) is 5. The highest BCUT2D eigenvalue weighted by molar-refractivity contribution is 7.89. The van der Waals surface area contributed by atoms with Gasteiger partial charge in [0.1, 0.15) is 0 Å². The molecule has 8 nitrogen and oxygen atoms in total. The molecule has 0 atom stereocenters. The molecule has 2 N–H and O–H groups in total. The summed E-state index contributed by atoms with van der Waals surface area (Å²) in [7, 11) is -1.26. The molecule has 1 rings (SSSR count). The van der Waals surface area contributed by atoms with Crippen LogP contribution in [0.3, 0.4) is 0 Å². The molecule has 0 bridgehead atoms. The molecule has 134 valence electrons. The van der Waals surface area contributed by atoms with Crippen molar-refractivity contribution in [1.82, 2.24) is 15.1 Å². The summed E-state index contributed by atoms with van der Waals surface area (Å²) < 4.78 is 24.8. The van der Waals surface area contributed by atoms with E-state index in [1.54, 1.807) is 0 Å². The van der Waals surface area contributed by atoms with E-state index in [-0.39, 0.29) is 28.4 Å². The molecule has 0 aliphatic heterocycles. The first-order valence-corrected chi connectivity index (χ1v) is 8.63. The topological polar surface area (TPSA) is 105 Å². The standard InChI is InChI=1S/C15H23N3O5S/c1-15(2,3)17-13(19)10-16-14(20)11-6-8-12(9-7-11)24(21,22)18(4)23-5/h6-9H,10H2,1-5H3,(H,16,20)(H,17,19). The molecule has 0 unspecified atom stereocenters. The minimum absolute atomic E-state index is 0.00567. The van der Waals surface area contributed by atoms with E-state index >= 15 is 0 Å². The zero-order chi connectivity index (χ0) is 18.5. The first-order valence-electron chi connectivity index (χ1n) is 7.19. The smallest absolute Gasteiger partial charge is 0.264 e. The van der Waals surface area contributed by atoms with Crippen molar-refractivity contribution in [2.24, 2.45) is 0 Å². The van der Waals surface area contributed by atoms with Crippen molar-refractivity contribution in [3.8, 4) is 0 Å². The molecule has 0 radical (unpaired) electrons. The molecule has 0 spiro atoms. The van der Waals surface area contributed by atoms with Crippen LogP contribution in [0, 0.1) is 0 Å². The van der Waals surface area contributed by atoms with Crippen LogP contribution in [-0.4, -0.2) is 50.9 Å². The summed E-state index contributed by atoms with van der Waals surface area (Å²) in [4.78, 5) is 28.3. The van der Waals surface area contributed by atoms with Crippen molar-refractivity contribution in [3.05, 3.63) is 29.8 Å². The fourth-order valence-electron chi connectivity index (χ4n) is 1.75. The van der Waals surface area contributed by atoms with E-state index in [0.29, 0.717) is 0 Å². The second kappa shape index (κ2) is 7.73. The lowest BCUT2D eigenvalue weighted by atomic mass is 10.1. The Bertz CT molecular complexity index is 693. The van der Waals surface area contributed by atoms with Gasteiger partial charge in [0.25, 0.3) is 15.9 Å². The van der Waals surface area contributed by atoms with Gasteiger partial charge < -0.3 is 10.6 Å². The highest BCUT2D eigenvalue weighted by Crippen LogP contribution is 2.15. The maximum Gasteiger partial charge on any atom is 0.264 e. The molecular weight excluding hydrogens is 334 g/mol. The highest BCUT2D eigenvalue weighted by Gasteiger charge is 2.21. The summed E-state index contributed by atoms with van der Waals surface area (Å²) in [6.07, 6.45) is 0. The zero-order valence-electron chi connectivity index (χ0n) is 14.4. The average molecular weight is 357 g/mol. The number of carbonyl (C=O) groups excluding carboxylic acids is 2. The first-order chi connectivity index (χ1) is 11.0. The normalized spacial score (nSPS) is 12.1. The van der Waals surface area contributed by atoms with Crippen LogP contribution in [0.15, 0.2) is 29.2 Å².